The minimum atomic E-state index is -4.52. The van der Waals surface area contributed by atoms with Crippen molar-refractivity contribution in [3.05, 3.63) is 47.8 Å². The van der Waals surface area contributed by atoms with Crippen molar-refractivity contribution in [2.24, 2.45) is 7.05 Å². The molecule has 1 atom stereocenters. The summed E-state index contributed by atoms with van der Waals surface area (Å²) >= 11 is 0. The monoisotopic (exact) mass is 339 g/mol. The second kappa shape index (κ2) is 6.23. The molecule has 3 rings (SSSR count). The first-order valence-corrected chi connectivity index (χ1v) is 7.40. The Balaban J connectivity index is 1.86. The number of nitrogens with one attached hydrogen (secondary N) is 1. The van der Waals surface area contributed by atoms with Gasteiger partial charge < -0.3 is 14.8 Å². The zero-order chi connectivity index (χ0) is 17.3. The molecule has 0 saturated carbocycles. The van der Waals surface area contributed by atoms with Crippen LogP contribution in [0.15, 0.2) is 30.7 Å². The molecule has 1 saturated heterocycles. The van der Waals surface area contributed by atoms with Crippen LogP contribution in [0.3, 0.4) is 0 Å². The van der Waals surface area contributed by atoms with Crippen molar-refractivity contribution in [1.29, 1.82) is 0 Å². The van der Waals surface area contributed by atoms with Crippen LogP contribution in [0.4, 0.5) is 13.2 Å². The van der Waals surface area contributed by atoms with Gasteiger partial charge in [-0.3, -0.25) is 9.78 Å². The van der Waals surface area contributed by atoms with Crippen molar-refractivity contribution in [3.63, 3.8) is 0 Å². The van der Waals surface area contributed by atoms with Gasteiger partial charge in [0.15, 0.2) is 0 Å². The highest BCUT2D eigenvalue weighted by atomic mass is 19.4. The van der Waals surface area contributed by atoms with Gasteiger partial charge in [-0.15, -0.1) is 0 Å². The number of hydrogen-bond donors (Lipinski definition) is 1. The Bertz CT molecular complexity index is 725. The first-order valence-electron chi connectivity index (χ1n) is 7.40. The summed E-state index contributed by atoms with van der Waals surface area (Å²) in [5.74, 6) is 0.362. The van der Waals surface area contributed by atoms with Gasteiger partial charge in [-0.1, -0.05) is 0 Å². The summed E-state index contributed by atoms with van der Waals surface area (Å²) in [6.07, 6.45) is -0.118. The molecule has 1 fully saturated rings. The number of piperazine rings is 1. The van der Waals surface area contributed by atoms with Gasteiger partial charge in [0, 0.05) is 45.3 Å². The van der Waals surface area contributed by atoms with E-state index in [-0.39, 0.29) is 17.5 Å². The van der Waals surface area contributed by atoms with Gasteiger partial charge in [0.2, 0.25) is 0 Å². The minimum Gasteiger partial charge on any atom is -0.336 e. The average molecular weight is 339 g/mol. The second-order valence-corrected chi connectivity index (χ2v) is 5.54. The summed E-state index contributed by atoms with van der Waals surface area (Å²) in [4.78, 5) is 22.0. The molecule has 2 aromatic heterocycles. The van der Waals surface area contributed by atoms with E-state index in [1.807, 2.05) is 11.6 Å². The number of aromatic nitrogens is 3. The van der Waals surface area contributed by atoms with Gasteiger partial charge in [-0.25, -0.2) is 4.98 Å². The normalized spacial score (nSPS) is 18.7. The number of hydrogen-bond acceptors (Lipinski definition) is 4. The fraction of sp³-hybridized carbons (Fsp3) is 0.400. The maximum Gasteiger partial charge on any atom is 0.433 e. The lowest BCUT2D eigenvalue weighted by Gasteiger charge is -2.35. The Labute approximate surface area is 136 Å². The van der Waals surface area contributed by atoms with E-state index in [9.17, 15) is 18.0 Å². The van der Waals surface area contributed by atoms with Gasteiger partial charge in [-0.2, -0.15) is 13.2 Å². The van der Waals surface area contributed by atoms with Crippen LogP contribution >= 0.6 is 0 Å². The molecule has 9 heteroatoms. The van der Waals surface area contributed by atoms with Crippen molar-refractivity contribution in [2.75, 3.05) is 19.6 Å². The molecule has 1 aliphatic rings. The van der Waals surface area contributed by atoms with Crippen molar-refractivity contribution >= 4 is 5.91 Å². The molecule has 128 valence electrons. The molecule has 3 heterocycles. The fourth-order valence-electron chi connectivity index (χ4n) is 2.73. The van der Waals surface area contributed by atoms with E-state index in [2.05, 4.69) is 15.3 Å². The molecular weight excluding hydrogens is 323 g/mol. The number of carbonyl (C=O) groups is 1. The van der Waals surface area contributed by atoms with Crippen LogP contribution in [0.1, 0.15) is 27.9 Å². The first-order chi connectivity index (χ1) is 11.4. The highest BCUT2D eigenvalue weighted by Crippen LogP contribution is 2.28. The average Bonchev–Trinajstić information content (AvgIpc) is 2.99. The zero-order valence-electron chi connectivity index (χ0n) is 12.9. The summed E-state index contributed by atoms with van der Waals surface area (Å²) in [6, 6.07) is 1.70. The van der Waals surface area contributed by atoms with Gasteiger partial charge in [0.1, 0.15) is 17.6 Å². The molecular formula is C15H16F3N5O. The summed E-state index contributed by atoms with van der Waals surface area (Å²) in [7, 11) is 1.83. The van der Waals surface area contributed by atoms with Crippen LogP contribution in [-0.4, -0.2) is 45.0 Å². The quantitative estimate of drug-likeness (QED) is 0.903. The molecule has 1 unspecified atom stereocenters. The molecule has 2 aromatic rings. The van der Waals surface area contributed by atoms with Crippen molar-refractivity contribution < 1.29 is 18.0 Å². The molecule has 0 bridgehead atoms. The summed E-state index contributed by atoms with van der Waals surface area (Å²) in [6.45, 7) is 1.59. The molecule has 6 nitrogen and oxygen atoms in total. The van der Waals surface area contributed by atoms with Crippen LogP contribution in [-0.2, 0) is 13.2 Å². The highest BCUT2D eigenvalue weighted by Gasteiger charge is 2.34. The van der Waals surface area contributed by atoms with E-state index < -0.39 is 11.9 Å². The molecule has 0 spiro atoms. The first kappa shape index (κ1) is 16.4. The molecule has 24 heavy (non-hydrogen) atoms. The molecule has 0 aromatic carbocycles. The number of nitrogens with zero attached hydrogens (tertiary/aromatic N) is 4. The Kier molecular flexibility index (Phi) is 4.27. The Morgan fingerprint density at radius 2 is 2.12 bits per heavy atom. The molecule has 1 N–H and O–H groups in total. The number of alkyl halides is 3. The van der Waals surface area contributed by atoms with Crippen LogP contribution in [0.25, 0.3) is 0 Å². The molecule has 0 radical (unpaired) electrons. The lowest BCUT2D eigenvalue weighted by atomic mass is 10.1. The number of rotatable bonds is 2. The standard InChI is InChI=1S/C15H16F3N5O/c1-22-6-5-20-13(22)11-9-19-4-7-23(11)14(24)10-2-3-12(21-8-10)15(16,17)18/h2-3,5-6,8,11,19H,4,7,9H2,1H3. The predicted molar refractivity (Wildman–Crippen MR) is 79.1 cm³/mol. The predicted octanol–water partition coefficient (Wildman–Crippen LogP) is 1.62. The molecule has 1 amide bonds. The van der Waals surface area contributed by atoms with Gasteiger partial charge in [0.25, 0.3) is 5.91 Å². The third-order valence-corrected chi connectivity index (χ3v) is 3.96. The van der Waals surface area contributed by atoms with E-state index in [0.717, 1.165) is 24.2 Å². The second-order valence-electron chi connectivity index (χ2n) is 5.54. The van der Waals surface area contributed by atoms with E-state index in [1.54, 1.807) is 17.3 Å². The summed E-state index contributed by atoms with van der Waals surface area (Å²) < 4.78 is 39.6. The SMILES string of the molecule is Cn1ccnc1C1CNCCN1C(=O)c1ccc(C(F)(F)F)nc1. The highest BCUT2D eigenvalue weighted by molar-refractivity contribution is 5.94. The van der Waals surface area contributed by atoms with Crippen LogP contribution in [0.2, 0.25) is 0 Å². The van der Waals surface area contributed by atoms with Gasteiger partial charge in [0.05, 0.1) is 5.56 Å². The van der Waals surface area contributed by atoms with E-state index in [0.29, 0.717) is 19.6 Å². The number of halogens is 3. The summed E-state index contributed by atoms with van der Waals surface area (Å²) in [5.41, 5.74) is -0.885. The van der Waals surface area contributed by atoms with Gasteiger partial charge in [-0.05, 0) is 12.1 Å². The Morgan fingerprint density at radius 3 is 2.71 bits per heavy atom. The number of pyridine rings is 1. The van der Waals surface area contributed by atoms with E-state index in [1.165, 1.54) is 0 Å². The molecule has 0 aliphatic carbocycles. The largest absolute Gasteiger partial charge is 0.433 e. The third kappa shape index (κ3) is 3.12. The number of carbonyl (C=O) groups excluding carboxylic acids is 1. The summed E-state index contributed by atoms with van der Waals surface area (Å²) in [5, 5.41) is 3.20. The van der Waals surface area contributed by atoms with Crippen molar-refractivity contribution in [3.8, 4) is 0 Å². The topological polar surface area (TPSA) is 63.1 Å². The van der Waals surface area contributed by atoms with Crippen molar-refractivity contribution in [2.45, 2.75) is 12.2 Å². The van der Waals surface area contributed by atoms with Crippen LogP contribution in [0, 0.1) is 0 Å². The maximum absolute atomic E-state index is 12.7. The van der Waals surface area contributed by atoms with Gasteiger partial charge >= 0.3 is 6.18 Å². The number of aryl methyl sites for hydroxylation is 1. The minimum absolute atomic E-state index is 0.129. The van der Waals surface area contributed by atoms with E-state index in [4.69, 9.17) is 0 Å². The third-order valence-electron chi connectivity index (χ3n) is 3.96. The Hall–Kier alpha value is -2.42. The number of imidazole rings is 1. The lowest BCUT2D eigenvalue weighted by Crippen LogP contribution is -2.49. The van der Waals surface area contributed by atoms with Crippen LogP contribution < -0.4 is 5.32 Å². The number of amides is 1. The fourth-order valence-corrected chi connectivity index (χ4v) is 2.73. The maximum atomic E-state index is 12.7. The van der Waals surface area contributed by atoms with Crippen LogP contribution in [0.5, 0.6) is 0 Å². The Morgan fingerprint density at radius 1 is 1.33 bits per heavy atom. The lowest BCUT2D eigenvalue weighted by molar-refractivity contribution is -0.141. The van der Waals surface area contributed by atoms with Crippen molar-refractivity contribution in [1.82, 2.24) is 24.8 Å². The zero-order valence-corrected chi connectivity index (χ0v) is 12.9. The smallest absolute Gasteiger partial charge is 0.336 e. The van der Waals surface area contributed by atoms with E-state index >= 15 is 0 Å². The molecule has 1 aliphatic heterocycles.